The quantitative estimate of drug-likeness (QED) is 0.541. The van der Waals surface area contributed by atoms with Crippen LogP contribution in [0.15, 0.2) is 52.3 Å². The molecule has 7 nitrogen and oxygen atoms in total. The van der Waals surface area contributed by atoms with Crippen LogP contribution >= 0.6 is 27.3 Å². The number of anilines is 2. The van der Waals surface area contributed by atoms with Gasteiger partial charge in [-0.15, -0.1) is 0 Å². The van der Waals surface area contributed by atoms with Gasteiger partial charge in [-0.2, -0.15) is 5.26 Å². The molecule has 1 heterocycles. The average Bonchev–Trinajstić information content (AvgIpc) is 3.08. The van der Waals surface area contributed by atoms with E-state index in [2.05, 4.69) is 27.0 Å². The minimum Gasteiger partial charge on any atom is -0.313 e. The first-order valence-corrected chi connectivity index (χ1v) is 12.2. The number of aryl methyl sites for hydroxylation is 1. The van der Waals surface area contributed by atoms with Crippen LogP contribution in [0.4, 0.5) is 10.8 Å². The summed E-state index contributed by atoms with van der Waals surface area (Å²) in [6.07, 6.45) is 0.910. The van der Waals surface area contributed by atoms with E-state index in [0.717, 1.165) is 23.1 Å². The maximum Gasteiger partial charge on any atom is 0.285 e. The number of hydrogen-bond donors (Lipinski definition) is 1. The molecule has 1 aromatic heterocycles. The molecule has 0 saturated heterocycles. The average molecular weight is 505 g/mol. The zero-order chi connectivity index (χ0) is 21.9. The van der Waals surface area contributed by atoms with E-state index in [9.17, 15) is 13.2 Å². The predicted molar refractivity (Wildman–Crippen MR) is 120 cm³/mol. The monoisotopic (exact) mass is 504 g/mol. The van der Waals surface area contributed by atoms with E-state index in [4.69, 9.17) is 5.26 Å². The van der Waals surface area contributed by atoms with E-state index < -0.39 is 15.9 Å². The van der Waals surface area contributed by atoms with Gasteiger partial charge in [0.15, 0.2) is 10.8 Å². The maximum atomic E-state index is 12.3. The van der Waals surface area contributed by atoms with Crippen LogP contribution in [-0.4, -0.2) is 25.6 Å². The molecule has 10 heteroatoms. The van der Waals surface area contributed by atoms with Gasteiger partial charge in [0.1, 0.15) is 3.79 Å². The lowest BCUT2D eigenvalue weighted by Crippen LogP contribution is -2.30. The highest BCUT2D eigenvalue weighted by Gasteiger charge is 2.23. The van der Waals surface area contributed by atoms with Crippen molar-refractivity contribution in [2.45, 2.75) is 13.5 Å². The van der Waals surface area contributed by atoms with Gasteiger partial charge in [0.25, 0.3) is 5.91 Å². The molecule has 0 spiro atoms. The Morgan fingerprint density at radius 1 is 1.23 bits per heavy atom. The van der Waals surface area contributed by atoms with Crippen molar-refractivity contribution in [1.29, 1.82) is 5.26 Å². The Morgan fingerprint density at radius 3 is 2.50 bits per heavy atom. The molecule has 1 N–H and O–H groups in total. The lowest BCUT2D eigenvalue weighted by atomic mass is 10.1. The van der Waals surface area contributed by atoms with Crippen LogP contribution < -0.4 is 9.62 Å². The summed E-state index contributed by atoms with van der Waals surface area (Å²) in [5.74, 6) is -0.803. The van der Waals surface area contributed by atoms with E-state index in [-0.39, 0.29) is 5.69 Å². The van der Waals surface area contributed by atoms with Crippen molar-refractivity contribution < 1.29 is 13.2 Å². The van der Waals surface area contributed by atoms with E-state index in [0.29, 0.717) is 21.0 Å². The summed E-state index contributed by atoms with van der Waals surface area (Å²) in [6.45, 7) is 2.49. The van der Waals surface area contributed by atoms with Crippen LogP contribution in [0.5, 0.6) is 0 Å². The fraction of sp³-hybridized carbons (Fsp3) is 0.150. The molecule has 154 valence electrons. The van der Waals surface area contributed by atoms with Crippen molar-refractivity contribution in [2.75, 3.05) is 11.2 Å². The van der Waals surface area contributed by atoms with Crippen LogP contribution in [0.3, 0.4) is 0 Å². The first kappa shape index (κ1) is 22.0. The zero-order valence-electron chi connectivity index (χ0n) is 16.1. The Morgan fingerprint density at radius 2 is 1.90 bits per heavy atom. The number of benzene rings is 2. The van der Waals surface area contributed by atoms with Crippen LogP contribution in [-0.2, 0) is 16.6 Å². The molecule has 0 unspecified atom stereocenters. The number of hydrogen-bond acceptors (Lipinski definition) is 7. The number of halogens is 1. The zero-order valence-corrected chi connectivity index (χ0v) is 19.3. The van der Waals surface area contributed by atoms with Crippen LogP contribution in [0, 0.1) is 18.3 Å². The Kier molecular flexibility index (Phi) is 6.55. The molecule has 1 amide bonds. The van der Waals surface area contributed by atoms with Gasteiger partial charge >= 0.3 is 0 Å². The number of amides is 1. The number of carbonyl (C=O) groups is 1. The van der Waals surface area contributed by atoms with E-state index in [1.807, 2.05) is 52.9 Å². The number of rotatable bonds is 6. The summed E-state index contributed by atoms with van der Waals surface area (Å²) in [4.78, 5) is 18.6. The summed E-state index contributed by atoms with van der Waals surface area (Å²) >= 11 is 4.54. The Hall–Kier alpha value is -2.74. The molecule has 3 rings (SSSR count). The van der Waals surface area contributed by atoms with Gasteiger partial charge in [0.05, 0.1) is 24.4 Å². The fourth-order valence-corrected chi connectivity index (χ4v) is 4.66. The normalized spacial score (nSPS) is 11.0. The summed E-state index contributed by atoms with van der Waals surface area (Å²) in [6, 6.07) is 17.0. The van der Waals surface area contributed by atoms with Crippen LogP contribution in [0.2, 0.25) is 0 Å². The number of aromatic nitrogens is 1. The van der Waals surface area contributed by atoms with Crippen molar-refractivity contribution in [2.24, 2.45) is 0 Å². The highest BCUT2D eigenvalue weighted by molar-refractivity contribution is 9.11. The minimum atomic E-state index is -3.71. The van der Waals surface area contributed by atoms with Gasteiger partial charge in [-0.1, -0.05) is 35.6 Å². The standard InChI is InChI=1S/C20H17BrN4O3S2/c1-13-5-3-4-6-15(13)12-25(16-9-7-14(11-22)8-10-16)20-23-17(18(21)29-20)19(26)24-30(2,27)28/h3-10H,12H2,1-2H3,(H,24,26). The van der Waals surface area contributed by atoms with Crippen molar-refractivity contribution in [3.63, 3.8) is 0 Å². The number of sulfonamides is 1. The fourth-order valence-electron chi connectivity index (χ4n) is 2.71. The van der Waals surface area contributed by atoms with Gasteiger partial charge < -0.3 is 4.90 Å². The molecule has 0 saturated carbocycles. The van der Waals surface area contributed by atoms with Gasteiger partial charge in [-0.3, -0.25) is 4.79 Å². The lowest BCUT2D eigenvalue weighted by molar-refractivity contribution is 0.0977. The Balaban J connectivity index is 2.04. The molecular formula is C20H17BrN4O3S2. The molecule has 0 aliphatic carbocycles. The van der Waals surface area contributed by atoms with Crippen LogP contribution in [0.1, 0.15) is 27.2 Å². The van der Waals surface area contributed by atoms with E-state index in [1.165, 1.54) is 11.3 Å². The molecule has 3 aromatic rings. The molecule has 0 bridgehead atoms. The van der Waals surface area contributed by atoms with E-state index in [1.54, 1.807) is 12.1 Å². The third-order valence-electron chi connectivity index (χ3n) is 4.20. The molecule has 0 aliphatic heterocycles. The number of carbonyl (C=O) groups excluding carboxylic acids is 1. The molecule has 2 aromatic carbocycles. The maximum absolute atomic E-state index is 12.3. The summed E-state index contributed by atoms with van der Waals surface area (Å²) in [5, 5.41) is 9.58. The number of nitriles is 1. The second-order valence-corrected chi connectivity index (χ2v) is 10.5. The van der Waals surface area contributed by atoms with E-state index >= 15 is 0 Å². The molecular weight excluding hydrogens is 488 g/mol. The highest BCUT2D eigenvalue weighted by atomic mass is 79.9. The molecule has 0 atom stereocenters. The highest BCUT2D eigenvalue weighted by Crippen LogP contribution is 2.36. The first-order valence-electron chi connectivity index (χ1n) is 8.68. The molecule has 30 heavy (non-hydrogen) atoms. The van der Waals surface area contributed by atoms with Gasteiger partial charge in [-0.05, 0) is 58.2 Å². The summed E-state index contributed by atoms with van der Waals surface area (Å²) < 4.78 is 25.2. The topological polar surface area (TPSA) is 103 Å². The number of nitrogens with one attached hydrogen (secondary N) is 1. The first-order chi connectivity index (χ1) is 14.2. The van der Waals surface area contributed by atoms with Crippen molar-refractivity contribution in [3.05, 3.63) is 74.7 Å². The Labute approximate surface area is 187 Å². The molecule has 0 fully saturated rings. The number of thiazole rings is 1. The second kappa shape index (κ2) is 8.95. The number of nitrogens with zero attached hydrogens (tertiary/aromatic N) is 3. The molecule has 0 aliphatic rings. The summed E-state index contributed by atoms with van der Waals surface area (Å²) in [7, 11) is -3.71. The Bertz CT molecular complexity index is 1230. The van der Waals surface area contributed by atoms with Crippen molar-refractivity contribution in [3.8, 4) is 6.07 Å². The lowest BCUT2D eigenvalue weighted by Gasteiger charge is -2.23. The smallest absolute Gasteiger partial charge is 0.285 e. The third-order valence-corrected chi connectivity index (χ3v) is 6.48. The third kappa shape index (κ3) is 5.24. The van der Waals surface area contributed by atoms with Gasteiger partial charge in [0.2, 0.25) is 10.0 Å². The minimum absolute atomic E-state index is 0.0103. The largest absolute Gasteiger partial charge is 0.313 e. The van der Waals surface area contributed by atoms with Gasteiger partial charge in [-0.25, -0.2) is 18.1 Å². The SMILES string of the molecule is Cc1ccccc1CN(c1ccc(C#N)cc1)c1nc(C(=O)NS(C)(=O)=O)c(Br)s1. The summed E-state index contributed by atoms with van der Waals surface area (Å²) in [5.41, 5.74) is 3.47. The predicted octanol–water partition coefficient (Wildman–Crippen LogP) is 4.11. The molecule has 0 radical (unpaired) electrons. The second-order valence-electron chi connectivity index (χ2n) is 6.49. The van der Waals surface area contributed by atoms with Gasteiger partial charge in [0, 0.05) is 5.69 Å². The van der Waals surface area contributed by atoms with Crippen LogP contribution in [0.25, 0.3) is 0 Å². The van der Waals surface area contributed by atoms with Crippen molar-refractivity contribution >= 4 is 54.0 Å². The van der Waals surface area contributed by atoms with Crippen molar-refractivity contribution in [1.82, 2.24) is 9.71 Å².